The number of esters is 1. The highest BCUT2D eigenvalue weighted by molar-refractivity contribution is 7.89. The second kappa shape index (κ2) is 21.3. The van der Waals surface area contributed by atoms with Crippen molar-refractivity contribution in [3.63, 3.8) is 0 Å². The lowest BCUT2D eigenvalue weighted by atomic mass is 10.0. The monoisotopic (exact) mass is 909 g/mol. The summed E-state index contributed by atoms with van der Waals surface area (Å²) in [5, 5.41) is 8.42. The minimum atomic E-state index is -4.28. The highest BCUT2D eigenvalue weighted by atomic mass is 32.2. The van der Waals surface area contributed by atoms with E-state index in [9.17, 15) is 22.8 Å². The van der Waals surface area contributed by atoms with E-state index in [2.05, 4.69) is 20.6 Å². The molecule has 2 N–H and O–H groups in total. The molecular formula is C43H51N5O13S2. The zero-order valence-corrected chi connectivity index (χ0v) is 36.8. The van der Waals surface area contributed by atoms with Gasteiger partial charge in [0, 0.05) is 24.2 Å². The number of carbonyl (C=O) groups is 3. The van der Waals surface area contributed by atoms with Gasteiger partial charge in [0.2, 0.25) is 22.7 Å². The molecule has 63 heavy (non-hydrogen) atoms. The molecule has 0 radical (unpaired) electrons. The van der Waals surface area contributed by atoms with Gasteiger partial charge in [0.05, 0.1) is 59.6 Å². The summed E-state index contributed by atoms with van der Waals surface area (Å²) in [4.78, 5) is 48.6. The van der Waals surface area contributed by atoms with Crippen molar-refractivity contribution in [2.75, 3.05) is 46.3 Å². The van der Waals surface area contributed by atoms with E-state index in [-0.39, 0.29) is 62.0 Å². The maximum Gasteiger partial charge on any atom is 0.407 e. The third-order valence-corrected chi connectivity index (χ3v) is 12.9. The Morgan fingerprint density at radius 3 is 2.57 bits per heavy atom. The average molecular weight is 910 g/mol. The number of pyridine rings is 1. The third-order valence-electron chi connectivity index (χ3n) is 10.3. The van der Waals surface area contributed by atoms with Gasteiger partial charge in [0.1, 0.15) is 37.8 Å². The molecule has 2 saturated heterocycles. The summed E-state index contributed by atoms with van der Waals surface area (Å²) in [6.07, 6.45) is -0.908. The molecule has 3 aliphatic rings. The number of ether oxygens (including phenoxy) is 8. The van der Waals surface area contributed by atoms with Crippen molar-refractivity contribution in [1.29, 1.82) is 0 Å². The second-order valence-corrected chi connectivity index (χ2v) is 18.6. The Morgan fingerprint density at radius 1 is 0.984 bits per heavy atom. The fourth-order valence-electron chi connectivity index (χ4n) is 7.24. The normalized spacial score (nSPS) is 18.8. The van der Waals surface area contributed by atoms with Crippen LogP contribution in [0, 0.1) is 18.8 Å². The summed E-state index contributed by atoms with van der Waals surface area (Å²) >= 11 is 1.53. The first kappa shape index (κ1) is 45.6. The number of carbonyl (C=O) groups excluding carboxylic acids is 3. The Balaban J connectivity index is 1.13. The number of benzene rings is 2. The molecule has 7 rings (SSSR count). The zero-order chi connectivity index (χ0) is 44.3. The first-order chi connectivity index (χ1) is 30.4. The molecule has 338 valence electrons. The van der Waals surface area contributed by atoms with E-state index < -0.39 is 72.3 Å². The van der Waals surface area contributed by atoms with Gasteiger partial charge in [0.25, 0.3) is 0 Å². The Labute approximate surface area is 369 Å². The molecule has 2 amide bonds. The maximum atomic E-state index is 14.5. The lowest BCUT2D eigenvalue weighted by molar-refractivity contribution is -0.157. The van der Waals surface area contributed by atoms with E-state index in [0.717, 1.165) is 10.7 Å². The van der Waals surface area contributed by atoms with E-state index in [1.165, 1.54) is 33.8 Å². The number of hydrogen-bond acceptors (Lipinski definition) is 16. The van der Waals surface area contributed by atoms with Crippen LogP contribution < -0.4 is 24.8 Å². The number of nitrogens with one attached hydrogen (secondary N) is 2. The summed E-state index contributed by atoms with van der Waals surface area (Å²) < 4.78 is 75.8. The Hall–Kier alpha value is -5.38. The van der Waals surface area contributed by atoms with Crippen LogP contribution in [0.15, 0.2) is 77.1 Å². The average Bonchev–Trinajstić information content (AvgIpc) is 4.09. The van der Waals surface area contributed by atoms with Gasteiger partial charge in [-0.2, -0.15) is 4.31 Å². The molecule has 0 unspecified atom stereocenters. The van der Waals surface area contributed by atoms with Crippen molar-refractivity contribution in [2.45, 2.75) is 76.2 Å². The quantitative estimate of drug-likeness (QED) is 0.113. The third kappa shape index (κ3) is 12.6. The topological polar surface area (TPSA) is 212 Å². The number of alkyl carbamates (subject to hydrolysis) is 1. The molecule has 2 aromatic heterocycles. The van der Waals surface area contributed by atoms with Crippen molar-refractivity contribution in [1.82, 2.24) is 24.9 Å². The second-order valence-electron chi connectivity index (χ2n) is 15.6. The molecule has 18 nitrogen and oxygen atoms in total. The fourth-order valence-corrected chi connectivity index (χ4v) is 9.47. The minimum Gasteiger partial charge on any atom is -0.487 e. The summed E-state index contributed by atoms with van der Waals surface area (Å²) in [6, 6.07) is 15.7. The van der Waals surface area contributed by atoms with Crippen LogP contribution in [-0.4, -0.2) is 112 Å². The minimum absolute atomic E-state index is 0.0158. The Morgan fingerprint density at radius 2 is 1.81 bits per heavy atom. The molecule has 0 aliphatic carbocycles. The summed E-state index contributed by atoms with van der Waals surface area (Å²) in [6.45, 7) is 5.10. The molecule has 0 bridgehead atoms. The van der Waals surface area contributed by atoms with Crippen LogP contribution in [0.2, 0.25) is 0 Å². The van der Waals surface area contributed by atoms with Crippen molar-refractivity contribution in [2.24, 2.45) is 11.8 Å². The van der Waals surface area contributed by atoms with Crippen LogP contribution in [0.4, 0.5) is 4.79 Å². The number of thiazole rings is 1. The zero-order valence-electron chi connectivity index (χ0n) is 35.1. The fraction of sp³-hybridized carbons (Fsp3) is 0.465. The van der Waals surface area contributed by atoms with Crippen molar-refractivity contribution < 1.29 is 60.7 Å². The van der Waals surface area contributed by atoms with Crippen molar-refractivity contribution >= 4 is 39.3 Å². The van der Waals surface area contributed by atoms with Crippen molar-refractivity contribution in [3.8, 4) is 17.2 Å². The summed E-state index contributed by atoms with van der Waals surface area (Å²) in [7, 11) is -4.28. The SMILES string of the molecule is Cc1nc(COc2ccc(C[C@H](NC(=O)O[C@H]3CO[C@H]4OCC[C@H]43)[C@@H](CN(CC(C)C)S(=O)(=O)c3ccc4c(c3)OCO4)OC(=O)COCC(=O)NCc3ccccn3)cc2)cs1. The maximum absolute atomic E-state index is 14.5. The number of aryl methyl sites for hydroxylation is 1. The van der Waals surface area contributed by atoms with Gasteiger partial charge >= 0.3 is 12.1 Å². The predicted molar refractivity (Wildman–Crippen MR) is 225 cm³/mol. The number of fused-ring (bicyclic) bond motifs is 2. The van der Waals surface area contributed by atoms with Crippen LogP contribution in [-0.2, 0) is 62.9 Å². The smallest absolute Gasteiger partial charge is 0.407 e. The van der Waals surface area contributed by atoms with Gasteiger partial charge in [-0.25, -0.2) is 23.0 Å². The lowest BCUT2D eigenvalue weighted by Crippen LogP contribution is -2.53. The molecule has 2 fully saturated rings. The predicted octanol–water partition coefficient (Wildman–Crippen LogP) is 4.14. The molecule has 5 atom stereocenters. The molecule has 0 saturated carbocycles. The van der Waals surface area contributed by atoms with E-state index in [4.69, 9.17) is 37.9 Å². The van der Waals surface area contributed by atoms with Crippen LogP contribution in [0.5, 0.6) is 17.2 Å². The van der Waals surface area contributed by atoms with E-state index in [1.54, 1.807) is 48.7 Å². The molecule has 3 aliphatic heterocycles. The van der Waals surface area contributed by atoms with Gasteiger partial charge < -0.3 is 48.5 Å². The standard InChI is InChI=1S/C43H51N5O13S2/c1-27(2)19-48(63(52,53)33-11-12-36-37(17-33)59-26-58-36)20-38(60-41(50)24-54-23-40(49)45-18-30-6-4-5-14-44-30)35(47-43(51)61-39-22-57-42-34(39)13-15-55-42)16-29-7-9-32(10-8-29)56-21-31-25-62-28(3)46-31/h4-12,14,17,25,27,34-35,38-39,42H,13,15-16,18-24,26H2,1-3H3,(H,45,49)(H,47,51)/t34-,35-,38+,39-,42+/m0/s1. The lowest BCUT2D eigenvalue weighted by Gasteiger charge is -2.33. The Kier molecular flexibility index (Phi) is 15.5. The number of aromatic nitrogens is 2. The highest BCUT2D eigenvalue weighted by Gasteiger charge is 2.44. The molecule has 4 aromatic rings. The van der Waals surface area contributed by atoms with Gasteiger partial charge in [-0.15, -0.1) is 11.3 Å². The number of hydrogen-bond donors (Lipinski definition) is 2. The summed E-state index contributed by atoms with van der Waals surface area (Å²) in [5.74, 6) is -0.488. The van der Waals surface area contributed by atoms with E-state index >= 15 is 0 Å². The molecule has 5 heterocycles. The largest absolute Gasteiger partial charge is 0.487 e. The van der Waals surface area contributed by atoms with Crippen LogP contribution in [0.1, 0.15) is 42.2 Å². The van der Waals surface area contributed by atoms with E-state index in [1.807, 2.05) is 26.2 Å². The number of sulfonamides is 1. The van der Waals surface area contributed by atoms with Gasteiger partial charge in [-0.3, -0.25) is 9.78 Å². The first-order valence-electron chi connectivity index (χ1n) is 20.6. The Bertz CT molecular complexity index is 2280. The van der Waals surface area contributed by atoms with Crippen LogP contribution >= 0.6 is 11.3 Å². The number of nitrogens with zero attached hydrogens (tertiary/aromatic N) is 3. The van der Waals surface area contributed by atoms with E-state index in [0.29, 0.717) is 35.8 Å². The van der Waals surface area contributed by atoms with Gasteiger partial charge in [0.15, 0.2) is 17.8 Å². The molecule has 20 heteroatoms. The van der Waals surface area contributed by atoms with Gasteiger partial charge in [-0.05, 0) is 67.6 Å². The van der Waals surface area contributed by atoms with Crippen molar-refractivity contribution in [3.05, 3.63) is 94.2 Å². The molecule has 0 spiro atoms. The highest BCUT2D eigenvalue weighted by Crippen LogP contribution is 2.36. The van der Waals surface area contributed by atoms with Crippen LogP contribution in [0.3, 0.4) is 0 Å². The molecular weight excluding hydrogens is 859 g/mol. The number of amides is 2. The summed E-state index contributed by atoms with van der Waals surface area (Å²) in [5.41, 5.74) is 2.13. The van der Waals surface area contributed by atoms with Crippen LogP contribution in [0.25, 0.3) is 0 Å². The first-order valence-corrected chi connectivity index (χ1v) is 22.9. The molecule has 2 aromatic carbocycles. The van der Waals surface area contributed by atoms with Gasteiger partial charge in [-0.1, -0.05) is 32.0 Å². The number of rotatable bonds is 21.